The lowest BCUT2D eigenvalue weighted by Gasteiger charge is -2.54. The number of hydrogen-bond donors (Lipinski definition) is 1. The second-order valence-corrected chi connectivity index (χ2v) is 7.14. The molecular formula is C15H25N. The molecule has 5 saturated carbocycles. The van der Waals surface area contributed by atoms with E-state index in [1.807, 2.05) is 0 Å². The summed E-state index contributed by atoms with van der Waals surface area (Å²) in [7, 11) is 0. The molecule has 0 unspecified atom stereocenters. The van der Waals surface area contributed by atoms with Crippen molar-refractivity contribution in [2.24, 2.45) is 29.6 Å². The van der Waals surface area contributed by atoms with Gasteiger partial charge in [0.15, 0.2) is 0 Å². The fourth-order valence-corrected chi connectivity index (χ4v) is 5.12. The van der Waals surface area contributed by atoms with Crippen LogP contribution in [0.15, 0.2) is 0 Å². The van der Waals surface area contributed by atoms with Gasteiger partial charge in [-0.2, -0.15) is 0 Å². The molecule has 0 heterocycles. The van der Waals surface area contributed by atoms with E-state index in [-0.39, 0.29) is 0 Å². The Balaban J connectivity index is 1.36. The van der Waals surface area contributed by atoms with E-state index in [4.69, 9.17) is 0 Å². The first-order valence-electron chi connectivity index (χ1n) is 7.62. The Morgan fingerprint density at radius 3 is 2.00 bits per heavy atom. The van der Waals surface area contributed by atoms with E-state index in [1.54, 1.807) is 32.1 Å². The molecule has 90 valence electrons. The lowest BCUT2D eigenvalue weighted by molar-refractivity contribution is -0.0136. The van der Waals surface area contributed by atoms with Crippen molar-refractivity contribution >= 4 is 0 Å². The minimum atomic E-state index is 0.923. The average molecular weight is 219 g/mol. The molecular weight excluding hydrogens is 194 g/mol. The standard InChI is InChI=1S/C15H25N/c1-2-10(1)3-4-16-15-13-6-11-5-12(8-13)9-14(15)7-11/h10-16H,1-9H2. The topological polar surface area (TPSA) is 12.0 Å². The lowest BCUT2D eigenvalue weighted by atomic mass is 9.54. The van der Waals surface area contributed by atoms with Gasteiger partial charge in [0.05, 0.1) is 0 Å². The maximum Gasteiger partial charge on any atom is 0.0124 e. The van der Waals surface area contributed by atoms with Crippen LogP contribution in [0, 0.1) is 29.6 Å². The van der Waals surface area contributed by atoms with Gasteiger partial charge in [-0.05, 0) is 74.7 Å². The van der Waals surface area contributed by atoms with Gasteiger partial charge in [-0.3, -0.25) is 0 Å². The molecule has 0 aromatic heterocycles. The number of rotatable bonds is 4. The van der Waals surface area contributed by atoms with Crippen molar-refractivity contribution in [2.45, 2.75) is 57.4 Å². The molecule has 0 atom stereocenters. The van der Waals surface area contributed by atoms with E-state index < -0.39 is 0 Å². The first kappa shape index (κ1) is 9.94. The fraction of sp³-hybridized carbons (Fsp3) is 1.00. The molecule has 5 fully saturated rings. The maximum atomic E-state index is 3.94. The van der Waals surface area contributed by atoms with Gasteiger partial charge in [0, 0.05) is 6.04 Å². The summed E-state index contributed by atoms with van der Waals surface area (Å²) in [5.41, 5.74) is 0. The van der Waals surface area contributed by atoms with Gasteiger partial charge in [0.2, 0.25) is 0 Å². The second kappa shape index (κ2) is 3.73. The summed E-state index contributed by atoms with van der Waals surface area (Å²) in [4.78, 5) is 0. The third kappa shape index (κ3) is 1.72. The molecule has 5 rings (SSSR count). The van der Waals surface area contributed by atoms with Crippen molar-refractivity contribution in [1.29, 1.82) is 0 Å². The van der Waals surface area contributed by atoms with Gasteiger partial charge >= 0.3 is 0 Å². The number of nitrogens with one attached hydrogen (secondary N) is 1. The molecule has 0 aromatic rings. The summed E-state index contributed by atoms with van der Waals surface area (Å²) in [6.07, 6.45) is 12.3. The van der Waals surface area contributed by atoms with Crippen LogP contribution >= 0.6 is 0 Å². The maximum absolute atomic E-state index is 3.94. The highest BCUT2D eigenvalue weighted by molar-refractivity contribution is 5.01. The van der Waals surface area contributed by atoms with Crippen LogP contribution < -0.4 is 5.32 Å². The smallest absolute Gasteiger partial charge is 0.0124 e. The van der Waals surface area contributed by atoms with Crippen molar-refractivity contribution in [3.05, 3.63) is 0 Å². The van der Waals surface area contributed by atoms with Gasteiger partial charge in [-0.1, -0.05) is 12.8 Å². The van der Waals surface area contributed by atoms with E-state index in [9.17, 15) is 0 Å². The molecule has 1 nitrogen and oxygen atoms in total. The molecule has 0 aliphatic heterocycles. The van der Waals surface area contributed by atoms with Crippen LogP contribution in [0.3, 0.4) is 0 Å². The summed E-state index contributed by atoms with van der Waals surface area (Å²) >= 11 is 0. The second-order valence-electron chi connectivity index (χ2n) is 7.14. The summed E-state index contributed by atoms with van der Waals surface area (Å²) in [5.74, 6) is 5.49. The minimum Gasteiger partial charge on any atom is -0.313 e. The zero-order valence-electron chi connectivity index (χ0n) is 10.3. The Labute approximate surface area is 99.4 Å². The predicted octanol–water partition coefficient (Wildman–Crippen LogP) is 3.20. The molecule has 1 heteroatoms. The van der Waals surface area contributed by atoms with Crippen LogP contribution in [0.25, 0.3) is 0 Å². The molecule has 4 bridgehead atoms. The predicted molar refractivity (Wildman–Crippen MR) is 66.2 cm³/mol. The lowest BCUT2D eigenvalue weighted by Crippen LogP contribution is -2.54. The van der Waals surface area contributed by atoms with E-state index in [1.165, 1.54) is 25.8 Å². The summed E-state index contributed by atoms with van der Waals surface area (Å²) in [6.45, 7) is 1.32. The molecule has 1 N–H and O–H groups in total. The normalized spacial score (nSPS) is 49.9. The van der Waals surface area contributed by atoms with Crippen molar-refractivity contribution < 1.29 is 0 Å². The van der Waals surface area contributed by atoms with Crippen LogP contribution in [-0.4, -0.2) is 12.6 Å². The highest BCUT2D eigenvalue weighted by Gasteiger charge is 2.47. The Hall–Kier alpha value is -0.0400. The van der Waals surface area contributed by atoms with E-state index >= 15 is 0 Å². The summed E-state index contributed by atoms with van der Waals surface area (Å²) < 4.78 is 0. The highest BCUT2D eigenvalue weighted by atomic mass is 14.9. The van der Waals surface area contributed by atoms with Gasteiger partial charge in [-0.15, -0.1) is 0 Å². The molecule has 0 saturated heterocycles. The van der Waals surface area contributed by atoms with Crippen molar-refractivity contribution in [2.75, 3.05) is 6.54 Å². The summed E-state index contributed by atoms with van der Waals surface area (Å²) in [6, 6.07) is 0.923. The molecule has 0 aromatic carbocycles. The van der Waals surface area contributed by atoms with Crippen molar-refractivity contribution in [3.63, 3.8) is 0 Å². The summed E-state index contributed by atoms with van der Waals surface area (Å²) in [5, 5.41) is 3.94. The van der Waals surface area contributed by atoms with Gasteiger partial charge in [0.25, 0.3) is 0 Å². The van der Waals surface area contributed by atoms with Gasteiger partial charge < -0.3 is 5.32 Å². The Morgan fingerprint density at radius 1 is 0.812 bits per heavy atom. The molecule has 5 aliphatic carbocycles. The van der Waals surface area contributed by atoms with Crippen LogP contribution in [0.4, 0.5) is 0 Å². The molecule has 16 heavy (non-hydrogen) atoms. The molecule has 0 amide bonds. The van der Waals surface area contributed by atoms with E-state index in [0.717, 1.165) is 35.6 Å². The third-order valence-corrected chi connectivity index (χ3v) is 5.86. The fourth-order valence-electron chi connectivity index (χ4n) is 5.12. The van der Waals surface area contributed by atoms with Crippen LogP contribution in [0.5, 0.6) is 0 Å². The monoisotopic (exact) mass is 219 g/mol. The first-order valence-corrected chi connectivity index (χ1v) is 7.62. The Bertz CT molecular complexity index is 241. The first-order chi connectivity index (χ1) is 7.88. The Morgan fingerprint density at radius 2 is 1.44 bits per heavy atom. The minimum absolute atomic E-state index is 0.923. The zero-order chi connectivity index (χ0) is 10.5. The zero-order valence-corrected chi connectivity index (χ0v) is 10.3. The molecule has 0 spiro atoms. The molecule has 0 radical (unpaired) electrons. The highest BCUT2D eigenvalue weighted by Crippen LogP contribution is 2.53. The van der Waals surface area contributed by atoms with E-state index in [0.29, 0.717) is 0 Å². The third-order valence-electron chi connectivity index (χ3n) is 5.86. The van der Waals surface area contributed by atoms with Gasteiger partial charge in [0.1, 0.15) is 0 Å². The largest absolute Gasteiger partial charge is 0.313 e. The van der Waals surface area contributed by atoms with E-state index in [2.05, 4.69) is 5.32 Å². The van der Waals surface area contributed by atoms with Crippen LogP contribution in [0.1, 0.15) is 51.4 Å². The Kier molecular flexibility index (Phi) is 2.32. The van der Waals surface area contributed by atoms with Crippen molar-refractivity contribution in [1.82, 2.24) is 5.32 Å². The van der Waals surface area contributed by atoms with Crippen LogP contribution in [0.2, 0.25) is 0 Å². The average Bonchev–Trinajstić information content (AvgIpc) is 3.05. The van der Waals surface area contributed by atoms with Crippen LogP contribution in [-0.2, 0) is 0 Å². The van der Waals surface area contributed by atoms with Gasteiger partial charge in [-0.25, -0.2) is 0 Å². The number of hydrogen-bond acceptors (Lipinski definition) is 1. The quantitative estimate of drug-likeness (QED) is 0.765. The molecule has 5 aliphatic rings. The van der Waals surface area contributed by atoms with Crippen molar-refractivity contribution in [3.8, 4) is 0 Å². The SMILES string of the molecule is C(CC1CC1)NC1C2CC3CC(C2)CC1C3.